The molecule has 0 atom stereocenters. The molecule has 0 radical (unpaired) electrons. The normalized spacial score (nSPS) is 18.1. The number of amides is 1. The van der Waals surface area contributed by atoms with Crippen LogP contribution in [-0.4, -0.2) is 70.2 Å². The molecule has 1 aromatic carbocycles. The Hall–Kier alpha value is -3.27. The summed E-state index contributed by atoms with van der Waals surface area (Å²) in [6.45, 7) is 6.26. The number of aromatic nitrogens is 3. The third-order valence-electron chi connectivity index (χ3n) is 6.28. The highest BCUT2D eigenvalue weighted by molar-refractivity contribution is 6.09. The monoisotopic (exact) mass is 470 g/mol. The van der Waals surface area contributed by atoms with E-state index in [1.807, 2.05) is 26.0 Å². The molecule has 1 saturated heterocycles. The van der Waals surface area contributed by atoms with Gasteiger partial charge in [0.05, 0.1) is 24.1 Å². The molecule has 0 aliphatic carbocycles. The molecular weight excluding hydrogens is 442 g/mol. The van der Waals surface area contributed by atoms with Crippen molar-refractivity contribution in [3.8, 4) is 5.75 Å². The van der Waals surface area contributed by atoms with E-state index in [9.17, 15) is 13.6 Å². The first-order valence-electron chi connectivity index (χ1n) is 11.5. The second-order valence-electron chi connectivity index (χ2n) is 9.45. The van der Waals surface area contributed by atoms with Gasteiger partial charge in [0.25, 0.3) is 12.3 Å². The van der Waals surface area contributed by atoms with Crippen LogP contribution in [0.25, 0.3) is 5.65 Å². The Balaban J connectivity index is 1.46. The number of benzene rings is 1. The maximum Gasteiger partial charge on any atom is 0.261 e. The molecule has 3 aromatic rings. The number of anilines is 2. The second-order valence-corrected chi connectivity index (χ2v) is 9.45. The Labute approximate surface area is 196 Å². The van der Waals surface area contributed by atoms with Crippen LogP contribution in [0.5, 0.6) is 5.75 Å². The zero-order chi connectivity index (χ0) is 23.9. The molecule has 5 rings (SSSR count). The van der Waals surface area contributed by atoms with Crippen LogP contribution >= 0.6 is 0 Å². The molecule has 8 nitrogen and oxygen atoms in total. The van der Waals surface area contributed by atoms with E-state index in [1.165, 1.54) is 6.20 Å². The molecule has 1 N–H and O–H groups in total. The molecule has 2 aliphatic rings. The van der Waals surface area contributed by atoms with Crippen molar-refractivity contribution in [2.75, 3.05) is 42.9 Å². The standard InChI is InChI=1S/C24H28F2N6O2/c1-24(2)13-16-11-18(29-23(33)17-14-28-32-8-3-5-27-22(17)32)19(12-20(16)34-24)31-7-4-6-30(9-10-31)15-21(25)26/h3,5,8,11-12,14,21H,4,6-7,9-10,13,15H2,1-2H3,(H,29,33). The maximum atomic E-state index is 13.2. The number of fused-ring (bicyclic) bond motifs is 2. The number of carbonyl (C=O) groups excluding carboxylic acids is 1. The largest absolute Gasteiger partial charge is 0.487 e. The molecule has 1 fully saturated rings. The summed E-state index contributed by atoms with van der Waals surface area (Å²) in [4.78, 5) is 21.5. The van der Waals surface area contributed by atoms with Crippen LogP contribution < -0.4 is 15.0 Å². The molecule has 0 saturated carbocycles. The third-order valence-corrected chi connectivity index (χ3v) is 6.28. The van der Waals surface area contributed by atoms with Gasteiger partial charge in [-0.15, -0.1) is 0 Å². The fourth-order valence-electron chi connectivity index (χ4n) is 4.77. The van der Waals surface area contributed by atoms with Gasteiger partial charge in [0.2, 0.25) is 0 Å². The number of hydrogen-bond donors (Lipinski definition) is 1. The molecule has 2 aliphatic heterocycles. The lowest BCUT2D eigenvalue weighted by atomic mass is 10.0. The highest BCUT2D eigenvalue weighted by Crippen LogP contribution is 2.42. The van der Waals surface area contributed by atoms with Gasteiger partial charge < -0.3 is 15.0 Å². The molecule has 180 valence electrons. The SMILES string of the molecule is CC1(C)Cc2cc(NC(=O)c3cnn4cccnc34)c(N3CCCN(CC(F)F)CC3)cc2O1. The maximum absolute atomic E-state index is 13.2. The topological polar surface area (TPSA) is 75.0 Å². The zero-order valence-corrected chi connectivity index (χ0v) is 19.3. The van der Waals surface area contributed by atoms with E-state index in [1.54, 1.807) is 27.9 Å². The zero-order valence-electron chi connectivity index (χ0n) is 19.3. The predicted molar refractivity (Wildman–Crippen MR) is 125 cm³/mol. The Morgan fingerprint density at radius 1 is 1.24 bits per heavy atom. The molecule has 2 aromatic heterocycles. The van der Waals surface area contributed by atoms with Gasteiger partial charge in [0.1, 0.15) is 16.9 Å². The summed E-state index contributed by atoms with van der Waals surface area (Å²) in [6.07, 6.45) is 3.99. The number of halogens is 2. The summed E-state index contributed by atoms with van der Waals surface area (Å²) in [5, 5.41) is 7.27. The Bertz CT molecular complexity index is 1210. The summed E-state index contributed by atoms with van der Waals surface area (Å²) >= 11 is 0. The van der Waals surface area contributed by atoms with Gasteiger partial charge in [-0.2, -0.15) is 5.10 Å². The van der Waals surface area contributed by atoms with Gasteiger partial charge in [-0.05, 0) is 32.4 Å². The van der Waals surface area contributed by atoms with Gasteiger partial charge in [-0.25, -0.2) is 18.3 Å². The first-order valence-corrected chi connectivity index (χ1v) is 11.5. The minimum Gasteiger partial charge on any atom is -0.487 e. The van der Waals surface area contributed by atoms with Crippen LogP contribution in [0.15, 0.2) is 36.8 Å². The summed E-state index contributed by atoms with van der Waals surface area (Å²) in [6, 6.07) is 5.69. The average molecular weight is 471 g/mol. The van der Waals surface area contributed by atoms with E-state index in [-0.39, 0.29) is 18.1 Å². The average Bonchev–Trinajstić information content (AvgIpc) is 3.25. The van der Waals surface area contributed by atoms with Crippen molar-refractivity contribution in [2.24, 2.45) is 0 Å². The van der Waals surface area contributed by atoms with Gasteiger partial charge in [-0.1, -0.05) is 0 Å². The highest BCUT2D eigenvalue weighted by Gasteiger charge is 2.32. The van der Waals surface area contributed by atoms with E-state index in [0.29, 0.717) is 43.1 Å². The third kappa shape index (κ3) is 4.54. The van der Waals surface area contributed by atoms with E-state index in [2.05, 4.69) is 20.3 Å². The van der Waals surface area contributed by atoms with Gasteiger partial charge in [0.15, 0.2) is 5.65 Å². The van der Waals surface area contributed by atoms with Crippen molar-refractivity contribution in [1.82, 2.24) is 19.5 Å². The number of alkyl halides is 2. The van der Waals surface area contributed by atoms with Crippen molar-refractivity contribution in [2.45, 2.75) is 38.7 Å². The lowest BCUT2D eigenvalue weighted by Gasteiger charge is -2.27. The van der Waals surface area contributed by atoms with E-state index in [4.69, 9.17) is 4.74 Å². The van der Waals surface area contributed by atoms with Crippen molar-refractivity contribution < 1.29 is 18.3 Å². The van der Waals surface area contributed by atoms with Crippen molar-refractivity contribution in [3.05, 3.63) is 47.9 Å². The van der Waals surface area contributed by atoms with Gasteiger partial charge in [-0.3, -0.25) is 9.69 Å². The lowest BCUT2D eigenvalue weighted by Crippen LogP contribution is -2.34. The number of rotatable bonds is 5. The van der Waals surface area contributed by atoms with E-state index < -0.39 is 6.43 Å². The number of ether oxygens (including phenoxy) is 1. The molecule has 4 heterocycles. The van der Waals surface area contributed by atoms with E-state index >= 15 is 0 Å². The Kier molecular flexibility index (Phi) is 5.85. The number of carbonyl (C=O) groups is 1. The smallest absolute Gasteiger partial charge is 0.261 e. The van der Waals surface area contributed by atoms with Crippen LogP contribution in [-0.2, 0) is 6.42 Å². The number of nitrogens with zero attached hydrogens (tertiary/aromatic N) is 5. The summed E-state index contributed by atoms with van der Waals surface area (Å²) in [5.74, 6) is 0.492. The highest BCUT2D eigenvalue weighted by atomic mass is 19.3. The molecule has 0 spiro atoms. The van der Waals surface area contributed by atoms with Crippen LogP contribution in [0, 0.1) is 0 Å². The summed E-state index contributed by atoms with van der Waals surface area (Å²) < 4.78 is 33.5. The lowest BCUT2D eigenvalue weighted by molar-refractivity contribution is 0.0916. The molecular formula is C24H28F2N6O2. The molecule has 0 bridgehead atoms. The van der Waals surface area contributed by atoms with Crippen LogP contribution in [0.1, 0.15) is 36.2 Å². The molecule has 1 amide bonds. The van der Waals surface area contributed by atoms with Crippen molar-refractivity contribution in [1.29, 1.82) is 0 Å². The molecule has 10 heteroatoms. The first-order chi connectivity index (χ1) is 16.3. The van der Waals surface area contributed by atoms with Crippen molar-refractivity contribution in [3.63, 3.8) is 0 Å². The van der Waals surface area contributed by atoms with Gasteiger partial charge >= 0.3 is 0 Å². The predicted octanol–water partition coefficient (Wildman–Crippen LogP) is 3.47. The molecule has 0 unspecified atom stereocenters. The number of hydrogen-bond acceptors (Lipinski definition) is 6. The minimum atomic E-state index is -2.35. The fraction of sp³-hybridized carbons (Fsp3) is 0.458. The van der Waals surface area contributed by atoms with E-state index in [0.717, 1.165) is 29.8 Å². The van der Waals surface area contributed by atoms with Crippen molar-refractivity contribution >= 4 is 22.9 Å². The fourth-order valence-corrected chi connectivity index (χ4v) is 4.77. The molecule has 34 heavy (non-hydrogen) atoms. The quantitative estimate of drug-likeness (QED) is 0.616. The first kappa shape index (κ1) is 22.5. The minimum absolute atomic E-state index is 0.222. The summed E-state index contributed by atoms with van der Waals surface area (Å²) in [7, 11) is 0. The summed E-state index contributed by atoms with van der Waals surface area (Å²) in [5.41, 5.74) is 3.04. The van der Waals surface area contributed by atoms with Crippen LogP contribution in [0.2, 0.25) is 0 Å². The van der Waals surface area contributed by atoms with Gasteiger partial charge in [0, 0.05) is 56.6 Å². The number of nitrogens with one attached hydrogen (secondary N) is 1. The second kappa shape index (κ2) is 8.83. The Morgan fingerprint density at radius 2 is 2.09 bits per heavy atom. The Morgan fingerprint density at radius 3 is 2.91 bits per heavy atom. The van der Waals surface area contributed by atoms with Crippen LogP contribution in [0.3, 0.4) is 0 Å². The van der Waals surface area contributed by atoms with Crippen LogP contribution in [0.4, 0.5) is 20.2 Å².